The Morgan fingerprint density at radius 3 is 2.50 bits per heavy atom. The fourth-order valence-corrected chi connectivity index (χ4v) is 2.35. The molecule has 0 unspecified atom stereocenters. The molecule has 0 aliphatic carbocycles. The van der Waals surface area contributed by atoms with E-state index in [0.29, 0.717) is 26.4 Å². The van der Waals surface area contributed by atoms with Crippen LogP contribution in [0.5, 0.6) is 5.75 Å². The van der Waals surface area contributed by atoms with E-state index in [2.05, 4.69) is 15.9 Å². The Balaban J connectivity index is 2.46. The number of benzene rings is 2. The number of carbonyl (C=O) groups excluding carboxylic acids is 1. The molecule has 2 aromatic carbocycles. The minimum Gasteiger partial charge on any atom is -0.496 e. The van der Waals surface area contributed by atoms with Gasteiger partial charge in [-0.05, 0) is 22.0 Å². The molecule has 0 aliphatic heterocycles. The Hall–Kier alpha value is -1.32. The van der Waals surface area contributed by atoms with Crippen LogP contribution in [0.25, 0.3) is 0 Å². The zero-order valence-corrected chi connectivity index (χ0v) is 12.0. The van der Waals surface area contributed by atoms with Gasteiger partial charge >= 0.3 is 0 Å². The second kappa shape index (κ2) is 5.55. The highest BCUT2D eigenvalue weighted by Gasteiger charge is 2.15. The molecule has 0 aromatic heterocycles. The fourth-order valence-electron chi connectivity index (χ4n) is 1.60. The second-order valence-electron chi connectivity index (χ2n) is 3.66. The predicted octanol–water partition coefficient (Wildman–Crippen LogP) is 4.34. The largest absolute Gasteiger partial charge is 0.496 e. The van der Waals surface area contributed by atoms with E-state index in [1.165, 1.54) is 0 Å². The third-order valence-electron chi connectivity index (χ3n) is 2.52. The molecule has 0 saturated carbocycles. The van der Waals surface area contributed by atoms with Crippen LogP contribution in [0, 0.1) is 0 Å². The Morgan fingerprint density at radius 1 is 1.22 bits per heavy atom. The molecule has 0 amide bonds. The Morgan fingerprint density at radius 2 is 1.89 bits per heavy atom. The van der Waals surface area contributed by atoms with Gasteiger partial charge in [-0.1, -0.05) is 41.9 Å². The summed E-state index contributed by atoms with van der Waals surface area (Å²) in [4.78, 5) is 12.3. The SMILES string of the molecule is COc1cc(Cl)c(C(=O)c2ccccc2)cc1Br. The third-order valence-corrected chi connectivity index (χ3v) is 3.45. The van der Waals surface area contributed by atoms with Gasteiger partial charge in [-0.2, -0.15) is 0 Å². The number of carbonyl (C=O) groups is 1. The molecule has 18 heavy (non-hydrogen) atoms. The van der Waals surface area contributed by atoms with Crippen molar-refractivity contribution in [2.45, 2.75) is 0 Å². The Labute approximate surface area is 119 Å². The van der Waals surface area contributed by atoms with Crippen LogP contribution in [-0.4, -0.2) is 12.9 Å². The minimum absolute atomic E-state index is 0.107. The average Bonchev–Trinajstić information content (AvgIpc) is 2.41. The molecular weight excluding hydrogens is 316 g/mol. The summed E-state index contributed by atoms with van der Waals surface area (Å²) in [5.41, 5.74) is 1.06. The summed E-state index contributed by atoms with van der Waals surface area (Å²) < 4.78 is 5.83. The van der Waals surface area contributed by atoms with E-state index < -0.39 is 0 Å². The van der Waals surface area contributed by atoms with Gasteiger partial charge in [0.05, 0.1) is 16.6 Å². The standard InChI is InChI=1S/C14H10BrClO2/c1-18-13-8-12(16)10(7-11(13)15)14(17)9-5-3-2-4-6-9/h2-8H,1H3. The summed E-state index contributed by atoms with van der Waals surface area (Å²) in [6.45, 7) is 0. The van der Waals surface area contributed by atoms with Gasteiger partial charge in [-0.3, -0.25) is 4.79 Å². The second-order valence-corrected chi connectivity index (χ2v) is 4.92. The number of hydrogen-bond donors (Lipinski definition) is 0. The van der Waals surface area contributed by atoms with E-state index in [1.54, 1.807) is 31.4 Å². The van der Waals surface area contributed by atoms with Crippen LogP contribution in [0.15, 0.2) is 46.9 Å². The van der Waals surface area contributed by atoms with E-state index in [0.717, 1.165) is 0 Å². The first-order valence-corrected chi connectivity index (χ1v) is 6.43. The van der Waals surface area contributed by atoms with Crippen molar-refractivity contribution in [3.8, 4) is 5.75 Å². The first-order valence-electron chi connectivity index (χ1n) is 5.26. The fraction of sp³-hybridized carbons (Fsp3) is 0.0714. The van der Waals surface area contributed by atoms with Crippen molar-refractivity contribution in [1.29, 1.82) is 0 Å². The van der Waals surface area contributed by atoms with Crippen LogP contribution >= 0.6 is 27.5 Å². The lowest BCUT2D eigenvalue weighted by Gasteiger charge is -2.08. The third kappa shape index (κ3) is 2.57. The van der Waals surface area contributed by atoms with Crippen molar-refractivity contribution in [3.05, 3.63) is 63.1 Å². The summed E-state index contributed by atoms with van der Waals surface area (Å²) in [5.74, 6) is 0.494. The van der Waals surface area contributed by atoms with Gasteiger partial charge in [-0.15, -0.1) is 0 Å². The Kier molecular flexibility index (Phi) is 4.04. The van der Waals surface area contributed by atoms with E-state index in [1.807, 2.05) is 18.2 Å². The molecule has 0 aliphatic rings. The Bertz CT molecular complexity index is 582. The van der Waals surface area contributed by atoms with E-state index in [-0.39, 0.29) is 5.78 Å². The predicted molar refractivity (Wildman–Crippen MR) is 75.6 cm³/mol. The van der Waals surface area contributed by atoms with Gasteiger partial charge in [-0.25, -0.2) is 0 Å². The van der Waals surface area contributed by atoms with Gasteiger partial charge in [0.1, 0.15) is 5.75 Å². The maximum Gasteiger partial charge on any atom is 0.194 e. The highest BCUT2D eigenvalue weighted by atomic mass is 79.9. The van der Waals surface area contributed by atoms with Gasteiger partial charge in [0.2, 0.25) is 0 Å². The molecule has 2 nitrogen and oxygen atoms in total. The van der Waals surface area contributed by atoms with Crippen LogP contribution in [-0.2, 0) is 0 Å². The van der Waals surface area contributed by atoms with Crippen molar-refractivity contribution >= 4 is 33.3 Å². The van der Waals surface area contributed by atoms with Crippen molar-refractivity contribution in [2.24, 2.45) is 0 Å². The molecule has 0 heterocycles. The quantitative estimate of drug-likeness (QED) is 0.785. The number of ketones is 1. The lowest BCUT2D eigenvalue weighted by atomic mass is 10.0. The molecule has 0 fully saturated rings. The van der Waals surface area contributed by atoms with Crippen LogP contribution in [0.1, 0.15) is 15.9 Å². The number of rotatable bonds is 3. The number of methoxy groups -OCH3 is 1. The topological polar surface area (TPSA) is 26.3 Å². The highest BCUT2D eigenvalue weighted by molar-refractivity contribution is 9.10. The van der Waals surface area contributed by atoms with Gasteiger partial charge in [0.25, 0.3) is 0 Å². The summed E-state index contributed by atoms with van der Waals surface area (Å²) in [6.07, 6.45) is 0. The molecule has 0 spiro atoms. The molecule has 0 N–H and O–H groups in total. The van der Waals surface area contributed by atoms with Crippen molar-refractivity contribution in [2.75, 3.05) is 7.11 Å². The molecule has 0 radical (unpaired) electrons. The molecule has 0 saturated heterocycles. The highest BCUT2D eigenvalue weighted by Crippen LogP contribution is 2.32. The zero-order valence-electron chi connectivity index (χ0n) is 9.61. The first kappa shape index (κ1) is 13.1. The van der Waals surface area contributed by atoms with Crippen molar-refractivity contribution in [3.63, 3.8) is 0 Å². The zero-order chi connectivity index (χ0) is 13.1. The summed E-state index contributed by atoms with van der Waals surface area (Å²) >= 11 is 9.45. The summed E-state index contributed by atoms with van der Waals surface area (Å²) in [7, 11) is 1.55. The maximum atomic E-state index is 12.3. The van der Waals surface area contributed by atoms with E-state index >= 15 is 0 Å². The van der Waals surface area contributed by atoms with Crippen LogP contribution < -0.4 is 4.74 Å². The van der Waals surface area contributed by atoms with Crippen molar-refractivity contribution in [1.82, 2.24) is 0 Å². The molecule has 2 aromatic rings. The number of ether oxygens (including phenoxy) is 1. The van der Waals surface area contributed by atoms with Crippen LogP contribution in [0.2, 0.25) is 5.02 Å². The normalized spacial score (nSPS) is 10.2. The number of halogens is 2. The molecule has 0 bridgehead atoms. The van der Waals surface area contributed by atoms with Gasteiger partial charge in [0.15, 0.2) is 5.78 Å². The average molecular weight is 326 g/mol. The van der Waals surface area contributed by atoms with E-state index in [9.17, 15) is 4.79 Å². The van der Waals surface area contributed by atoms with Gasteiger partial charge in [0, 0.05) is 17.2 Å². The van der Waals surface area contributed by atoms with Crippen LogP contribution in [0.3, 0.4) is 0 Å². The smallest absolute Gasteiger partial charge is 0.194 e. The first-order chi connectivity index (χ1) is 8.63. The lowest BCUT2D eigenvalue weighted by Crippen LogP contribution is -2.02. The molecule has 92 valence electrons. The summed E-state index contributed by atoms with van der Waals surface area (Å²) in [5, 5.41) is 0.379. The van der Waals surface area contributed by atoms with E-state index in [4.69, 9.17) is 16.3 Å². The molecule has 2 rings (SSSR count). The van der Waals surface area contributed by atoms with Gasteiger partial charge < -0.3 is 4.74 Å². The molecule has 0 atom stereocenters. The maximum absolute atomic E-state index is 12.3. The van der Waals surface area contributed by atoms with Crippen LogP contribution in [0.4, 0.5) is 0 Å². The summed E-state index contributed by atoms with van der Waals surface area (Å²) in [6, 6.07) is 12.3. The molecular formula is C14H10BrClO2. The molecule has 4 heteroatoms. The monoisotopic (exact) mass is 324 g/mol. The van der Waals surface area contributed by atoms with Crippen molar-refractivity contribution < 1.29 is 9.53 Å². The lowest BCUT2D eigenvalue weighted by molar-refractivity contribution is 0.103. The minimum atomic E-state index is -0.107. The number of hydrogen-bond acceptors (Lipinski definition) is 2.